The first-order chi connectivity index (χ1) is 15.5. The van der Waals surface area contributed by atoms with Crippen LogP contribution in [0.25, 0.3) is 21.0 Å². The topological polar surface area (TPSA) is 53.5 Å². The molecule has 6 heteroatoms. The molecule has 0 bridgehead atoms. The highest BCUT2D eigenvalue weighted by Gasteiger charge is 2.32. The van der Waals surface area contributed by atoms with E-state index in [1.807, 2.05) is 42.3 Å². The number of carbonyl (C=O) groups is 2. The Morgan fingerprint density at radius 1 is 1.09 bits per heavy atom. The molecule has 5 nitrogen and oxygen atoms in total. The highest BCUT2D eigenvalue weighted by molar-refractivity contribution is 7.21. The predicted octanol–water partition coefficient (Wildman–Crippen LogP) is 5.06. The summed E-state index contributed by atoms with van der Waals surface area (Å²) >= 11 is 1.56. The normalized spacial score (nSPS) is 16.1. The summed E-state index contributed by atoms with van der Waals surface area (Å²) in [5.41, 5.74) is 3.12. The number of rotatable bonds is 4. The van der Waals surface area contributed by atoms with E-state index in [4.69, 9.17) is 0 Å². The van der Waals surface area contributed by atoms with Gasteiger partial charge in [-0.3, -0.25) is 14.6 Å². The lowest BCUT2D eigenvalue weighted by molar-refractivity contribution is -0.127. The molecule has 0 saturated carbocycles. The molecule has 2 amide bonds. The molecule has 0 N–H and O–H groups in total. The molecule has 1 aliphatic rings. The van der Waals surface area contributed by atoms with E-state index in [0.717, 1.165) is 50.0 Å². The number of likely N-dealkylation sites (tertiary alicyclic amines) is 1. The van der Waals surface area contributed by atoms with Gasteiger partial charge in [-0.25, -0.2) is 0 Å². The summed E-state index contributed by atoms with van der Waals surface area (Å²) in [6, 6.07) is 18.2. The second kappa shape index (κ2) is 8.36. The summed E-state index contributed by atoms with van der Waals surface area (Å²) in [5, 5.41) is 2.21. The van der Waals surface area contributed by atoms with Crippen molar-refractivity contribution >= 4 is 44.1 Å². The Kier molecular flexibility index (Phi) is 5.39. The smallest absolute Gasteiger partial charge is 0.264 e. The van der Waals surface area contributed by atoms with Gasteiger partial charge in [0.2, 0.25) is 5.91 Å². The lowest BCUT2D eigenvalue weighted by Gasteiger charge is -2.20. The standard InChI is InChI=1S/C26H25N3O2S/c1-17(30)29-14-12-19(16-29)24-21-8-3-4-11-23(21)32-25(24)26(31)28(2)15-18-7-5-10-22-20(18)9-6-13-27-22/h3-11,13,19H,12,14-16H2,1-2H3/t19-/m0/s1. The second-order valence-corrected chi connectivity index (χ2v) is 9.49. The monoisotopic (exact) mass is 443 g/mol. The average Bonchev–Trinajstić information content (AvgIpc) is 3.43. The fourth-order valence-corrected chi connectivity index (χ4v) is 6.00. The van der Waals surface area contributed by atoms with Gasteiger partial charge < -0.3 is 9.80 Å². The Balaban J connectivity index is 1.50. The van der Waals surface area contributed by atoms with Crippen molar-refractivity contribution in [2.24, 2.45) is 0 Å². The summed E-state index contributed by atoms with van der Waals surface area (Å²) in [5.74, 6) is 0.314. The van der Waals surface area contributed by atoms with E-state index in [1.54, 1.807) is 29.4 Å². The molecule has 0 aliphatic carbocycles. The number of nitrogens with zero attached hydrogens (tertiary/aromatic N) is 3. The minimum absolute atomic E-state index is 0.0309. The van der Waals surface area contributed by atoms with Crippen molar-refractivity contribution in [3.63, 3.8) is 0 Å². The maximum Gasteiger partial charge on any atom is 0.264 e. The molecule has 3 heterocycles. The van der Waals surface area contributed by atoms with Gasteiger partial charge in [-0.05, 0) is 41.1 Å². The van der Waals surface area contributed by atoms with Gasteiger partial charge in [0.1, 0.15) is 0 Å². The van der Waals surface area contributed by atoms with Crippen molar-refractivity contribution in [3.05, 3.63) is 76.8 Å². The summed E-state index contributed by atoms with van der Waals surface area (Å²) < 4.78 is 1.12. The lowest BCUT2D eigenvalue weighted by atomic mass is 9.94. The van der Waals surface area contributed by atoms with Gasteiger partial charge >= 0.3 is 0 Å². The number of fused-ring (bicyclic) bond motifs is 2. The number of pyridine rings is 1. The molecule has 1 saturated heterocycles. The van der Waals surface area contributed by atoms with E-state index in [0.29, 0.717) is 13.1 Å². The zero-order valence-electron chi connectivity index (χ0n) is 18.2. The molecule has 1 fully saturated rings. The summed E-state index contributed by atoms with van der Waals surface area (Å²) in [4.78, 5) is 34.5. The first kappa shape index (κ1) is 20.6. The highest BCUT2D eigenvalue weighted by atomic mass is 32.1. The van der Waals surface area contributed by atoms with Crippen LogP contribution < -0.4 is 0 Å². The molecule has 1 atom stereocenters. The Morgan fingerprint density at radius 3 is 2.72 bits per heavy atom. The van der Waals surface area contributed by atoms with Crippen molar-refractivity contribution in [3.8, 4) is 0 Å². The molecular formula is C26H25N3O2S. The minimum Gasteiger partial charge on any atom is -0.342 e. The third-order valence-corrected chi connectivity index (χ3v) is 7.53. The van der Waals surface area contributed by atoms with Gasteiger partial charge in [0.25, 0.3) is 5.91 Å². The number of hydrogen-bond donors (Lipinski definition) is 0. The number of benzene rings is 2. The number of amides is 2. The van der Waals surface area contributed by atoms with E-state index >= 15 is 0 Å². The SMILES string of the molecule is CC(=O)N1CC[C@H](c2c(C(=O)N(C)Cc3cccc4ncccc34)sc3ccccc23)C1. The van der Waals surface area contributed by atoms with Gasteiger partial charge in [0, 0.05) is 55.8 Å². The van der Waals surface area contributed by atoms with Gasteiger partial charge in [-0.2, -0.15) is 0 Å². The van der Waals surface area contributed by atoms with E-state index in [9.17, 15) is 9.59 Å². The number of aromatic nitrogens is 1. The zero-order valence-corrected chi connectivity index (χ0v) is 19.1. The summed E-state index contributed by atoms with van der Waals surface area (Å²) in [6.45, 7) is 3.55. The largest absolute Gasteiger partial charge is 0.342 e. The van der Waals surface area contributed by atoms with Crippen LogP contribution in [0.2, 0.25) is 0 Å². The molecule has 2 aromatic heterocycles. The molecule has 1 aliphatic heterocycles. The van der Waals surface area contributed by atoms with E-state index < -0.39 is 0 Å². The van der Waals surface area contributed by atoms with Crippen molar-refractivity contribution in [2.45, 2.75) is 25.8 Å². The average molecular weight is 444 g/mol. The van der Waals surface area contributed by atoms with Crippen molar-refractivity contribution in [2.75, 3.05) is 20.1 Å². The molecule has 0 spiro atoms. The van der Waals surface area contributed by atoms with Crippen LogP contribution in [0.1, 0.15) is 40.1 Å². The number of hydrogen-bond acceptors (Lipinski definition) is 4. The van der Waals surface area contributed by atoms with Crippen LogP contribution in [0, 0.1) is 0 Å². The zero-order chi connectivity index (χ0) is 22.2. The van der Waals surface area contributed by atoms with E-state index in [2.05, 4.69) is 29.2 Å². The molecule has 5 rings (SSSR count). The Hall–Kier alpha value is -3.25. The van der Waals surface area contributed by atoms with Crippen molar-refractivity contribution in [1.82, 2.24) is 14.8 Å². The lowest BCUT2D eigenvalue weighted by Crippen LogP contribution is -2.27. The van der Waals surface area contributed by atoms with Crippen LogP contribution in [0.15, 0.2) is 60.8 Å². The first-order valence-electron chi connectivity index (χ1n) is 10.9. The van der Waals surface area contributed by atoms with Crippen LogP contribution in [0.4, 0.5) is 0 Å². The molecule has 4 aromatic rings. The minimum atomic E-state index is 0.0309. The maximum absolute atomic E-state index is 13.7. The van der Waals surface area contributed by atoms with Crippen LogP contribution >= 0.6 is 11.3 Å². The van der Waals surface area contributed by atoms with E-state index in [1.165, 1.54) is 0 Å². The van der Waals surface area contributed by atoms with Gasteiger partial charge in [-0.1, -0.05) is 36.4 Å². The molecule has 2 aromatic carbocycles. The maximum atomic E-state index is 13.7. The fraction of sp³-hybridized carbons (Fsp3) is 0.269. The Labute approximate surface area is 191 Å². The summed E-state index contributed by atoms with van der Waals surface area (Å²) in [7, 11) is 1.86. The van der Waals surface area contributed by atoms with Crippen LogP contribution in [-0.4, -0.2) is 46.7 Å². The van der Waals surface area contributed by atoms with Crippen LogP contribution in [0.3, 0.4) is 0 Å². The van der Waals surface area contributed by atoms with Crippen molar-refractivity contribution < 1.29 is 9.59 Å². The summed E-state index contributed by atoms with van der Waals surface area (Å²) in [6.07, 6.45) is 2.68. The van der Waals surface area contributed by atoms with Crippen molar-refractivity contribution in [1.29, 1.82) is 0 Å². The molecular weight excluding hydrogens is 418 g/mol. The van der Waals surface area contributed by atoms with Gasteiger partial charge in [-0.15, -0.1) is 11.3 Å². The van der Waals surface area contributed by atoms with Crippen LogP contribution in [0.5, 0.6) is 0 Å². The third kappa shape index (κ3) is 3.65. The van der Waals surface area contributed by atoms with Crippen LogP contribution in [-0.2, 0) is 11.3 Å². The molecule has 32 heavy (non-hydrogen) atoms. The number of carbonyl (C=O) groups excluding carboxylic acids is 2. The fourth-order valence-electron chi connectivity index (χ4n) is 4.72. The second-order valence-electron chi connectivity index (χ2n) is 8.44. The van der Waals surface area contributed by atoms with Gasteiger partial charge in [0.05, 0.1) is 10.4 Å². The Morgan fingerprint density at radius 2 is 1.91 bits per heavy atom. The highest BCUT2D eigenvalue weighted by Crippen LogP contribution is 2.40. The molecule has 0 unspecified atom stereocenters. The molecule has 162 valence electrons. The van der Waals surface area contributed by atoms with E-state index in [-0.39, 0.29) is 17.7 Å². The molecule has 0 radical (unpaired) electrons. The predicted molar refractivity (Wildman–Crippen MR) is 129 cm³/mol. The Bertz CT molecular complexity index is 1320. The first-order valence-corrected chi connectivity index (χ1v) is 11.7. The van der Waals surface area contributed by atoms with Gasteiger partial charge in [0.15, 0.2) is 0 Å². The number of thiophene rings is 1. The third-order valence-electron chi connectivity index (χ3n) is 6.36. The quantitative estimate of drug-likeness (QED) is 0.443.